The first-order valence-corrected chi connectivity index (χ1v) is 16.2. The number of nitrogens with zero attached hydrogens (tertiary/aromatic N) is 3. The van der Waals surface area contributed by atoms with E-state index < -0.39 is 10.0 Å². The monoisotopic (exact) mass is 591 g/mol. The summed E-state index contributed by atoms with van der Waals surface area (Å²) >= 11 is 1.58. The van der Waals surface area contributed by atoms with E-state index in [1.165, 1.54) is 5.56 Å². The van der Waals surface area contributed by atoms with Crippen LogP contribution in [-0.4, -0.2) is 44.6 Å². The Balaban J connectivity index is 1.47. The van der Waals surface area contributed by atoms with Crippen molar-refractivity contribution < 1.29 is 17.9 Å². The summed E-state index contributed by atoms with van der Waals surface area (Å²) in [5.74, 6) is 1.96. The molecule has 3 aromatic carbocycles. The molecule has 1 saturated heterocycles. The van der Waals surface area contributed by atoms with Gasteiger partial charge in [-0.2, -0.15) is 4.31 Å². The highest BCUT2D eigenvalue weighted by molar-refractivity contribution is 7.89. The van der Waals surface area contributed by atoms with Crippen molar-refractivity contribution in [3.8, 4) is 22.8 Å². The van der Waals surface area contributed by atoms with E-state index in [-0.39, 0.29) is 0 Å². The quantitative estimate of drug-likeness (QED) is 0.225. The summed E-state index contributed by atoms with van der Waals surface area (Å²) in [6.07, 6.45) is 2.56. The molecular weight excluding hydrogens is 555 g/mol. The molecule has 9 heteroatoms. The average molecular weight is 592 g/mol. The van der Waals surface area contributed by atoms with Crippen LogP contribution in [0.5, 0.6) is 11.5 Å². The van der Waals surface area contributed by atoms with Crippen molar-refractivity contribution in [1.29, 1.82) is 0 Å². The second-order valence-electron chi connectivity index (χ2n) is 10.6. The molecule has 1 aliphatic heterocycles. The van der Waals surface area contributed by atoms with Gasteiger partial charge in [0.1, 0.15) is 0 Å². The van der Waals surface area contributed by atoms with Crippen LogP contribution in [0.15, 0.2) is 82.0 Å². The van der Waals surface area contributed by atoms with Crippen molar-refractivity contribution in [1.82, 2.24) is 8.87 Å². The summed E-state index contributed by atoms with van der Waals surface area (Å²) < 4.78 is 41.3. The lowest BCUT2D eigenvalue weighted by Gasteiger charge is -2.29. The second-order valence-corrected chi connectivity index (χ2v) is 13.3. The zero-order chi connectivity index (χ0) is 29.0. The Kier molecular flexibility index (Phi) is 8.97. The number of aryl methyl sites for hydroxylation is 2. The average Bonchev–Trinajstić information content (AvgIpc) is 3.39. The van der Waals surface area contributed by atoms with E-state index in [2.05, 4.69) is 35.9 Å². The van der Waals surface area contributed by atoms with Gasteiger partial charge in [-0.15, -0.1) is 11.3 Å². The molecular formula is C32H37N3O4S2. The van der Waals surface area contributed by atoms with Crippen molar-refractivity contribution in [2.45, 2.75) is 44.6 Å². The first kappa shape index (κ1) is 29.1. The van der Waals surface area contributed by atoms with Crippen LogP contribution in [0, 0.1) is 12.8 Å². The minimum atomic E-state index is -3.50. The molecule has 4 aromatic rings. The molecule has 0 saturated carbocycles. The minimum Gasteiger partial charge on any atom is -0.493 e. The molecule has 5 rings (SSSR count). The third kappa shape index (κ3) is 6.58. The van der Waals surface area contributed by atoms with E-state index in [9.17, 15) is 8.42 Å². The molecule has 0 radical (unpaired) electrons. The molecule has 41 heavy (non-hydrogen) atoms. The van der Waals surface area contributed by atoms with Crippen LogP contribution in [0.25, 0.3) is 11.3 Å². The van der Waals surface area contributed by atoms with Crippen LogP contribution in [0.3, 0.4) is 0 Å². The first-order chi connectivity index (χ1) is 19.8. The van der Waals surface area contributed by atoms with Gasteiger partial charge in [0.25, 0.3) is 0 Å². The van der Waals surface area contributed by atoms with Gasteiger partial charge in [-0.1, -0.05) is 42.8 Å². The Labute approximate surface area is 246 Å². The second kappa shape index (κ2) is 12.6. The molecule has 0 spiro atoms. The summed E-state index contributed by atoms with van der Waals surface area (Å²) in [5.41, 5.74) is 5.14. The number of hydrogen-bond donors (Lipinski definition) is 0. The third-order valence-electron chi connectivity index (χ3n) is 7.66. The number of aromatic nitrogens is 1. The van der Waals surface area contributed by atoms with E-state index in [1.54, 1.807) is 42.0 Å². The number of piperidine rings is 1. The predicted octanol–water partition coefficient (Wildman–Crippen LogP) is 6.44. The number of methoxy groups -OCH3 is 2. The lowest BCUT2D eigenvalue weighted by Crippen LogP contribution is -2.37. The molecule has 1 aliphatic rings. The van der Waals surface area contributed by atoms with Gasteiger partial charge < -0.3 is 14.0 Å². The standard InChI is InChI=1S/C32H37N3O4S2/c1-23-5-10-27(11-6-23)33-32-35(20-17-25-7-14-30(38-3)31(21-25)39-4)29(22-40-32)26-8-12-28(13-9-26)41(36,37)34-18-15-24(2)16-19-34/h5-14,21-22,24H,15-20H2,1-4H3. The van der Waals surface area contributed by atoms with Crippen molar-refractivity contribution in [2.75, 3.05) is 27.3 Å². The normalized spacial score (nSPS) is 15.3. The maximum atomic E-state index is 13.3. The number of hydrogen-bond acceptors (Lipinski definition) is 6. The van der Waals surface area contributed by atoms with Gasteiger partial charge in [0.05, 0.1) is 30.5 Å². The Hall–Kier alpha value is -3.40. The summed E-state index contributed by atoms with van der Waals surface area (Å²) in [4.78, 5) is 6.18. The Morgan fingerprint density at radius 1 is 0.927 bits per heavy atom. The highest BCUT2D eigenvalue weighted by Gasteiger charge is 2.28. The zero-order valence-electron chi connectivity index (χ0n) is 24.0. The van der Waals surface area contributed by atoms with E-state index >= 15 is 0 Å². The van der Waals surface area contributed by atoms with Crippen LogP contribution < -0.4 is 14.3 Å². The minimum absolute atomic E-state index is 0.340. The third-order valence-corrected chi connectivity index (χ3v) is 10.4. The van der Waals surface area contributed by atoms with Crippen molar-refractivity contribution in [3.05, 3.63) is 88.0 Å². The molecule has 0 N–H and O–H groups in total. The summed E-state index contributed by atoms with van der Waals surface area (Å²) in [6, 6.07) is 21.4. The Morgan fingerprint density at radius 2 is 1.61 bits per heavy atom. The smallest absolute Gasteiger partial charge is 0.243 e. The molecule has 1 fully saturated rings. The maximum absolute atomic E-state index is 13.3. The van der Waals surface area contributed by atoms with Gasteiger partial charge in [0, 0.05) is 25.0 Å². The van der Waals surface area contributed by atoms with Crippen LogP contribution >= 0.6 is 11.3 Å². The van der Waals surface area contributed by atoms with Gasteiger partial charge in [-0.05, 0) is 79.6 Å². The Bertz CT molecular complexity index is 1650. The Morgan fingerprint density at radius 3 is 2.27 bits per heavy atom. The van der Waals surface area contributed by atoms with Crippen LogP contribution in [0.4, 0.5) is 5.69 Å². The SMILES string of the molecule is COc1ccc(CCn2c(-c3ccc(S(=O)(=O)N4CCC(C)CC4)cc3)csc2=Nc2ccc(C)cc2)cc1OC. The fraction of sp³-hybridized carbons (Fsp3) is 0.344. The fourth-order valence-corrected chi connectivity index (χ4v) is 7.47. The highest BCUT2D eigenvalue weighted by Crippen LogP contribution is 2.29. The van der Waals surface area contributed by atoms with Crippen LogP contribution in [0.2, 0.25) is 0 Å². The van der Waals surface area contributed by atoms with Gasteiger partial charge in [-0.3, -0.25) is 0 Å². The van der Waals surface area contributed by atoms with E-state index in [0.717, 1.165) is 46.6 Å². The molecule has 7 nitrogen and oxygen atoms in total. The molecule has 0 atom stereocenters. The largest absolute Gasteiger partial charge is 0.493 e. The van der Waals surface area contributed by atoms with Crippen LogP contribution in [-0.2, 0) is 23.0 Å². The molecule has 216 valence electrons. The molecule has 0 amide bonds. The molecule has 1 aromatic heterocycles. The highest BCUT2D eigenvalue weighted by atomic mass is 32.2. The molecule has 0 bridgehead atoms. The van der Waals surface area contributed by atoms with Crippen LogP contribution in [0.1, 0.15) is 30.9 Å². The van der Waals surface area contributed by atoms with Gasteiger partial charge in [-0.25, -0.2) is 13.4 Å². The van der Waals surface area contributed by atoms with Gasteiger partial charge in [0.15, 0.2) is 16.3 Å². The number of sulfonamides is 1. The summed E-state index contributed by atoms with van der Waals surface area (Å²) in [5, 5.41) is 2.09. The zero-order valence-corrected chi connectivity index (χ0v) is 25.7. The van der Waals surface area contributed by atoms with E-state index in [4.69, 9.17) is 14.5 Å². The molecule has 0 unspecified atom stereocenters. The fourth-order valence-electron chi connectivity index (χ4n) is 5.04. The molecule has 0 aliphatic carbocycles. The van der Waals surface area contributed by atoms with Crippen molar-refractivity contribution in [2.24, 2.45) is 10.9 Å². The number of benzene rings is 3. The van der Waals surface area contributed by atoms with E-state index in [0.29, 0.717) is 41.9 Å². The summed E-state index contributed by atoms with van der Waals surface area (Å²) in [7, 11) is -0.231. The van der Waals surface area contributed by atoms with Gasteiger partial charge >= 0.3 is 0 Å². The number of thiazole rings is 1. The van der Waals surface area contributed by atoms with Gasteiger partial charge in [0.2, 0.25) is 10.0 Å². The number of rotatable bonds is 9. The number of ether oxygens (including phenoxy) is 2. The topological polar surface area (TPSA) is 73.1 Å². The van der Waals surface area contributed by atoms with E-state index in [1.807, 2.05) is 42.5 Å². The van der Waals surface area contributed by atoms with Crippen molar-refractivity contribution >= 4 is 27.0 Å². The van der Waals surface area contributed by atoms with Crippen molar-refractivity contribution in [3.63, 3.8) is 0 Å². The maximum Gasteiger partial charge on any atom is 0.243 e. The summed E-state index contributed by atoms with van der Waals surface area (Å²) in [6.45, 7) is 6.09. The first-order valence-electron chi connectivity index (χ1n) is 13.9. The lowest BCUT2D eigenvalue weighted by molar-refractivity contribution is 0.288. The lowest BCUT2D eigenvalue weighted by atomic mass is 10.0. The predicted molar refractivity (Wildman–Crippen MR) is 165 cm³/mol. The molecule has 2 heterocycles.